The lowest BCUT2D eigenvalue weighted by Gasteiger charge is -2.24. The van der Waals surface area contributed by atoms with Crippen molar-refractivity contribution >= 4 is 0 Å². The molecule has 0 bridgehead atoms. The van der Waals surface area contributed by atoms with Gasteiger partial charge in [-0.3, -0.25) is 0 Å². The van der Waals surface area contributed by atoms with Crippen LogP contribution in [0.1, 0.15) is 77.0 Å². The number of unbranched alkanes of at least 4 members (excludes halogenated alkanes) is 9. The summed E-state index contributed by atoms with van der Waals surface area (Å²) in [5.74, 6) is 0. The van der Waals surface area contributed by atoms with Crippen LogP contribution in [0.5, 0.6) is 0 Å². The maximum absolute atomic E-state index is 10.4. The van der Waals surface area contributed by atoms with E-state index in [1.54, 1.807) is 0 Å². The van der Waals surface area contributed by atoms with Gasteiger partial charge in [-0.15, -0.1) is 0 Å². The molecule has 4 atom stereocenters. The first-order valence-electron chi connectivity index (χ1n) is 11.6. The number of nitrogens with one attached hydrogen (secondary N) is 1. The molecule has 0 aromatic heterocycles. The monoisotopic (exact) mass is 434 g/mol. The summed E-state index contributed by atoms with van der Waals surface area (Å²) < 4.78 is 17.7. The Labute approximate surface area is 187 Å². The van der Waals surface area contributed by atoms with Crippen LogP contribution in [0, 0.1) is 34.0 Å². The second-order valence-corrected chi connectivity index (χ2v) is 7.85. The number of rotatable bonds is 19. The van der Waals surface area contributed by atoms with Crippen LogP contribution in [-0.2, 0) is 14.2 Å². The van der Waals surface area contributed by atoms with Gasteiger partial charge in [0.15, 0.2) is 6.29 Å². The number of nitrogens with zero attached hydrogens (tertiary/aromatic N) is 3. The third-order valence-corrected chi connectivity index (χ3v) is 5.26. The highest BCUT2D eigenvalue weighted by Crippen LogP contribution is 2.26. The number of ether oxygens (including phenoxy) is 3. The minimum atomic E-state index is -1.02. The summed E-state index contributed by atoms with van der Waals surface area (Å²) in [7, 11) is 0. The van der Waals surface area contributed by atoms with Crippen molar-refractivity contribution in [3.8, 4) is 18.2 Å². The van der Waals surface area contributed by atoms with Gasteiger partial charge >= 0.3 is 0 Å². The molecule has 1 aliphatic rings. The van der Waals surface area contributed by atoms with E-state index in [0.717, 1.165) is 64.3 Å². The predicted molar refractivity (Wildman–Crippen MR) is 115 cm³/mol. The van der Waals surface area contributed by atoms with Crippen LogP contribution in [0.25, 0.3) is 0 Å². The fourth-order valence-corrected chi connectivity index (χ4v) is 3.53. The van der Waals surface area contributed by atoms with E-state index < -0.39 is 12.4 Å². The molecule has 0 aromatic rings. The topological polar surface area (TPSA) is 131 Å². The summed E-state index contributed by atoms with van der Waals surface area (Å²) in [5.41, 5.74) is 0. The Kier molecular flexibility index (Phi) is 16.7. The molecule has 0 aromatic carbocycles. The largest absolute Gasteiger partial charge is 0.373 e. The minimum absolute atomic E-state index is 0.295. The standard InChI is InChI=1S/C23H38N4O4/c24-13-7-1-4-10-16-27-19-20-21(29-17-11-5-2-8-14-25)22(23(28)31-20)30-18-12-6-3-9-15-26/h20-23,27-28H,1-12,16-19H2. The third kappa shape index (κ3) is 12.7. The summed E-state index contributed by atoms with van der Waals surface area (Å²) in [6, 6.07) is 6.45. The first-order valence-corrected chi connectivity index (χ1v) is 11.6. The van der Waals surface area contributed by atoms with E-state index in [2.05, 4.69) is 23.5 Å². The number of aliphatic hydroxyl groups is 1. The van der Waals surface area contributed by atoms with E-state index in [-0.39, 0.29) is 12.2 Å². The van der Waals surface area contributed by atoms with Crippen LogP contribution in [0.3, 0.4) is 0 Å². The van der Waals surface area contributed by atoms with E-state index in [1.165, 1.54) is 0 Å². The molecule has 2 N–H and O–H groups in total. The van der Waals surface area contributed by atoms with E-state index in [0.29, 0.717) is 39.0 Å². The van der Waals surface area contributed by atoms with Gasteiger partial charge in [-0.2, -0.15) is 15.8 Å². The van der Waals surface area contributed by atoms with Gasteiger partial charge in [-0.25, -0.2) is 0 Å². The molecule has 174 valence electrons. The molecular formula is C23H38N4O4. The van der Waals surface area contributed by atoms with Gasteiger partial charge in [-0.05, 0) is 45.1 Å². The molecule has 8 nitrogen and oxygen atoms in total. The second kappa shape index (κ2) is 19.0. The fraction of sp³-hybridized carbons (Fsp3) is 0.870. The molecule has 0 aliphatic carbocycles. The number of hydrogen-bond acceptors (Lipinski definition) is 8. The highest BCUT2D eigenvalue weighted by atomic mass is 16.7. The molecule has 0 radical (unpaired) electrons. The van der Waals surface area contributed by atoms with Crippen molar-refractivity contribution in [3.63, 3.8) is 0 Å². The zero-order chi connectivity index (χ0) is 22.6. The average molecular weight is 435 g/mol. The van der Waals surface area contributed by atoms with Gasteiger partial charge in [-0.1, -0.05) is 19.3 Å². The summed E-state index contributed by atoms with van der Waals surface area (Å²) in [6.07, 6.45) is 7.67. The van der Waals surface area contributed by atoms with E-state index in [9.17, 15) is 5.11 Å². The Morgan fingerprint density at radius 2 is 1.23 bits per heavy atom. The van der Waals surface area contributed by atoms with Crippen molar-refractivity contribution in [3.05, 3.63) is 0 Å². The van der Waals surface area contributed by atoms with E-state index in [1.807, 2.05) is 0 Å². The molecule has 1 rings (SSSR count). The highest BCUT2D eigenvalue weighted by Gasteiger charge is 2.45. The highest BCUT2D eigenvalue weighted by molar-refractivity contribution is 4.90. The average Bonchev–Trinajstić information content (AvgIpc) is 3.06. The van der Waals surface area contributed by atoms with Gasteiger partial charge in [0, 0.05) is 39.0 Å². The molecule has 0 spiro atoms. The Balaban J connectivity index is 2.42. The van der Waals surface area contributed by atoms with Gasteiger partial charge in [0.1, 0.15) is 18.3 Å². The normalized spacial score (nSPS) is 22.6. The molecule has 1 saturated heterocycles. The zero-order valence-corrected chi connectivity index (χ0v) is 18.6. The number of hydrogen-bond donors (Lipinski definition) is 2. The smallest absolute Gasteiger partial charge is 0.184 e. The molecule has 0 saturated carbocycles. The first kappa shape index (κ1) is 27.3. The Bertz CT molecular complexity index is 569. The molecule has 4 unspecified atom stereocenters. The summed E-state index contributed by atoms with van der Waals surface area (Å²) in [4.78, 5) is 0. The molecule has 1 fully saturated rings. The molecule has 31 heavy (non-hydrogen) atoms. The van der Waals surface area contributed by atoms with Crippen LogP contribution in [0.2, 0.25) is 0 Å². The lowest BCUT2D eigenvalue weighted by molar-refractivity contribution is -0.144. The van der Waals surface area contributed by atoms with Gasteiger partial charge in [0.2, 0.25) is 0 Å². The Morgan fingerprint density at radius 3 is 1.77 bits per heavy atom. The van der Waals surface area contributed by atoms with Crippen LogP contribution < -0.4 is 5.32 Å². The second-order valence-electron chi connectivity index (χ2n) is 7.85. The van der Waals surface area contributed by atoms with Crippen molar-refractivity contribution in [2.75, 3.05) is 26.3 Å². The van der Waals surface area contributed by atoms with Gasteiger partial charge in [0.25, 0.3) is 0 Å². The zero-order valence-electron chi connectivity index (χ0n) is 18.6. The molecule has 0 amide bonds. The summed E-state index contributed by atoms with van der Waals surface area (Å²) in [5, 5.41) is 39.6. The van der Waals surface area contributed by atoms with Crippen molar-refractivity contribution in [2.24, 2.45) is 0 Å². The summed E-state index contributed by atoms with van der Waals surface area (Å²) in [6.45, 7) is 2.43. The molecule has 1 aliphatic heterocycles. The molecular weight excluding hydrogens is 396 g/mol. The van der Waals surface area contributed by atoms with Crippen molar-refractivity contribution in [1.82, 2.24) is 5.32 Å². The van der Waals surface area contributed by atoms with Gasteiger partial charge in [0.05, 0.1) is 18.2 Å². The lowest BCUT2D eigenvalue weighted by Crippen LogP contribution is -2.42. The number of nitriles is 3. The van der Waals surface area contributed by atoms with Crippen LogP contribution in [0.4, 0.5) is 0 Å². The SMILES string of the molecule is N#CCCCCCNCC1OC(O)C(OCCCCCC#N)C1OCCCCCC#N. The van der Waals surface area contributed by atoms with Crippen molar-refractivity contribution in [1.29, 1.82) is 15.8 Å². The maximum atomic E-state index is 10.4. The van der Waals surface area contributed by atoms with E-state index >= 15 is 0 Å². The first-order chi connectivity index (χ1) is 15.2. The van der Waals surface area contributed by atoms with E-state index in [4.69, 9.17) is 30.0 Å². The summed E-state index contributed by atoms with van der Waals surface area (Å²) >= 11 is 0. The fourth-order valence-electron chi connectivity index (χ4n) is 3.53. The predicted octanol–water partition coefficient (Wildman–Crippen LogP) is 3.32. The number of aliphatic hydroxyl groups excluding tert-OH is 1. The van der Waals surface area contributed by atoms with Gasteiger partial charge < -0.3 is 24.6 Å². The van der Waals surface area contributed by atoms with Crippen LogP contribution >= 0.6 is 0 Å². The quantitative estimate of drug-likeness (QED) is 0.296. The van der Waals surface area contributed by atoms with Crippen LogP contribution in [0.15, 0.2) is 0 Å². The maximum Gasteiger partial charge on any atom is 0.184 e. The van der Waals surface area contributed by atoms with Crippen LogP contribution in [-0.4, -0.2) is 56.0 Å². The lowest BCUT2D eigenvalue weighted by atomic mass is 10.1. The minimum Gasteiger partial charge on any atom is -0.373 e. The Morgan fingerprint density at radius 1 is 0.710 bits per heavy atom. The van der Waals surface area contributed by atoms with Crippen molar-refractivity contribution < 1.29 is 19.3 Å². The third-order valence-electron chi connectivity index (χ3n) is 5.26. The Hall–Kier alpha value is -1.73. The molecule has 8 heteroatoms. The van der Waals surface area contributed by atoms with Crippen molar-refractivity contribution in [2.45, 2.75) is 102 Å². The molecule has 1 heterocycles.